The number of anilines is 1. The van der Waals surface area contributed by atoms with Gasteiger partial charge in [0, 0.05) is 11.1 Å². The van der Waals surface area contributed by atoms with Gasteiger partial charge in [0.05, 0.1) is 10.7 Å². The molecule has 41 heavy (non-hydrogen) atoms. The summed E-state index contributed by atoms with van der Waals surface area (Å²) in [6, 6.07) is 8.14. The average molecular weight is 588 g/mol. The molecule has 0 bridgehead atoms. The van der Waals surface area contributed by atoms with Crippen molar-refractivity contribution in [3.05, 3.63) is 58.1 Å². The first-order chi connectivity index (χ1) is 18.9. The molecule has 3 unspecified atom stereocenters. The first-order valence-electron chi connectivity index (χ1n) is 14.1. The van der Waals surface area contributed by atoms with E-state index in [1.165, 1.54) is 4.90 Å². The Hall–Kier alpha value is -3.26. The number of phenols is 1. The summed E-state index contributed by atoms with van der Waals surface area (Å²) in [5.41, 5.74) is 0.353. The summed E-state index contributed by atoms with van der Waals surface area (Å²) in [7, 11) is 0. The highest BCUT2D eigenvalue weighted by Gasteiger charge is 2.45. The number of nitrogens with one attached hydrogen (secondary N) is 2. The van der Waals surface area contributed by atoms with Crippen LogP contribution in [0.5, 0.6) is 5.75 Å². The Bertz CT molecular complexity index is 1230. The maximum absolute atomic E-state index is 14.6. The number of carbonyl (C=O) groups excluding carboxylic acids is 3. The quantitative estimate of drug-likeness (QED) is 0.270. The van der Waals surface area contributed by atoms with E-state index in [-0.39, 0.29) is 17.2 Å². The molecule has 0 aliphatic carbocycles. The molecule has 2 aromatic rings. The number of ether oxygens (including phenoxy) is 1. The molecule has 3 amide bonds. The molecule has 0 saturated carbocycles. The summed E-state index contributed by atoms with van der Waals surface area (Å²) in [6.45, 7) is 18.2. The molecular formula is C32H46ClN3O5. The smallest absolute Gasteiger partial charge is 0.408 e. The fraction of sp³-hybridized carbons (Fsp3) is 0.531. The fourth-order valence-corrected chi connectivity index (χ4v) is 4.76. The van der Waals surface area contributed by atoms with Crippen LogP contribution >= 0.6 is 11.6 Å². The molecule has 0 heterocycles. The van der Waals surface area contributed by atoms with Crippen LogP contribution in [-0.4, -0.2) is 45.1 Å². The van der Waals surface area contributed by atoms with Crippen LogP contribution in [0, 0.1) is 19.8 Å². The minimum atomic E-state index is -1.25. The van der Waals surface area contributed by atoms with Crippen molar-refractivity contribution in [2.45, 2.75) is 105 Å². The molecule has 3 N–H and O–H groups in total. The minimum absolute atomic E-state index is 0.0894. The number of para-hydroxylation sites is 2. The Morgan fingerprint density at radius 1 is 1.00 bits per heavy atom. The van der Waals surface area contributed by atoms with Gasteiger partial charge in [0.15, 0.2) is 0 Å². The van der Waals surface area contributed by atoms with Gasteiger partial charge in [0.1, 0.15) is 23.4 Å². The number of aryl methyl sites for hydroxylation is 2. The Morgan fingerprint density at radius 3 is 2.12 bits per heavy atom. The molecule has 0 spiro atoms. The van der Waals surface area contributed by atoms with Crippen molar-refractivity contribution < 1.29 is 24.2 Å². The second-order valence-electron chi connectivity index (χ2n) is 12.2. The van der Waals surface area contributed by atoms with Gasteiger partial charge in [-0.25, -0.2) is 4.79 Å². The second-order valence-corrected chi connectivity index (χ2v) is 12.6. The Balaban J connectivity index is 2.77. The first kappa shape index (κ1) is 33.9. The monoisotopic (exact) mass is 587 g/mol. The predicted octanol–water partition coefficient (Wildman–Crippen LogP) is 7.30. The van der Waals surface area contributed by atoms with Gasteiger partial charge in [-0.1, -0.05) is 69.1 Å². The summed E-state index contributed by atoms with van der Waals surface area (Å²) in [4.78, 5) is 43.3. The SMILES string of the molecule is CCC(C)C(NC(=O)OC(C)(C)C)C(=O)N(C(C(=O)Nc1c(C)cccc1Cl)c1cccc(C)c1O)C(C)(C)CC. The van der Waals surface area contributed by atoms with Crippen molar-refractivity contribution in [2.24, 2.45) is 5.92 Å². The lowest BCUT2D eigenvalue weighted by Crippen LogP contribution is -2.60. The van der Waals surface area contributed by atoms with Crippen molar-refractivity contribution in [1.82, 2.24) is 10.2 Å². The highest BCUT2D eigenvalue weighted by molar-refractivity contribution is 6.34. The number of carbonyl (C=O) groups is 3. The molecule has 0 radical (unpaired) electrons. The van der Waals surface area contributed by atoms with E-state index in [4.69, 9.17) is 16.3 Å². The molecule has 2 aromatic carbocycles. The number of nitrogens with zero attached hydrogens (tertiary/aromatic N) is 1. The zero-order chi connectivity index (χ0) is 31.3. The highest BCUT2D eigenvalue weighted by Crippen LogP contribution is 2.39. The molecule has 9 heteroatoms. The number of amides is 3. The van der Waals surface area contributed by atoms with Crippen LogP contribution in [-0.2, 0) is 14.3 Å². The van der Waals surface area contributed by atoms with E-state index in [1.807, 2.05) is 47.6 Å². The van der Waals surface area contributed by atoms with Gasteiger partial charge in [-0.15, -0.1) is 0 Å². The van der Waals surface area contributed by atoms with Gasteiger partial charge in [-0.2, -0.15) is 0 Å². The van der Waals surface area contributed by atoms with E-state index in [2.05, 4.69) is 10.6 Å². The largest absolute Gasteiger partial charge is 0.507 e. The van der Waals surface area contributed by atoms with E-state index in [1.54, 1.807) is 58.0 Å². The van der Waals surface area contributed by atoms with E-state index in [0.29, 0.717) is 29.1 Å². The van der Waals surface area contributed by atoms with E-state index < -0.39 is 41.1 Å². The summed E-state index contributed by atoms with van der Waals surface area (Å²) in [5.74, 6) is -1.38. The molecule has 0 saturated heterocycles. The Labute approximate surface area is 249 Å². The Morgan fingerprint density at radius 2 is 1.59 bits per heavy atom. The average Bonchev–Trinajstić information content (AvgIpc) is 2.87. The van der Waals surface area contributed by atoms with Crippen molar-refractivity contribution in [2.75, 3.05) is 5.32 Å². The van der Waals surface area contributed by atoms with Crippen molar-refractivity contribution >= 4 is 35.2 Å². The van der Waals surface area contributed by atoms with Gasteiger partial charge >= 0.3 is 6.09 Å². The van der Waals surface area contributed by atoms with Crippen LogP contribution in [0.3, 0.4) is 0 Å². The molecule has 3 atom stereocenters. The normalized spacial score (nSPS) is 14.0. The number of halogens is 1. The van der Waals surface area contributed by atoms with E-state index >= 15 is 0 Å². The first-order valence-corrected chi connectivity index (χ1v) is 14.5. The molecule has 0 fully saturated rings. The topological polar surface area (TPSA) is 108 Å². The third-order valence-electron chi connectivity index (χ3n) is 7.45. The third kappa shape index (κ3) is 8.38. The van der Waals surface area contributed by atoms with Crippen LogP contribution in [0.1, 0.15) is 91.0 Å². The lowest BCUT2D eigenvalue weighted by atomic mass is 9.88. The summed E-state index contributed by atoms with van der Waals surface area (Å²) < 4.78 is 5.48. The molecule has 0 aliphatic rings. The number of rotatable bonds is 10. The van der Waals surface area contributed by atoms with Crippen LogP contribution in [0.25, 0.3) is 0 Å². The number of benzene rings is 2. The second kappa shape index (κ2) is 13.6. The van der Waals surface area contributed by atoms with Gasteiger partial charge in [0.2, 0.25) is 5.91 Å². The fourth-order valence-electron chi connectivity index (χ4n) is 4.49. The van der Waals surface area contributed by atoms with Crippen LogP contribution in [0.15, 0.2) is 36.4 Å². The highest BCUT2D eigenvalue weighted by atomic mass is 35.5. The molecule has 8 nitrogen and oxygen atoms in total. The number of alkyl carbamates (subject to hydrolysis) is 1. The zero-order valence-corrected chi connectivity index (χ0v) is 26.8. The predicted molar refractivity (Wildman–Crippen MR) is 164 cm³/mol. The van der Waals surface area contributed by atoms with Crippen molar-refractivity contribution in [3.8, 4) is 5.75 Å². The van der Waals surface area contributed by atoms with Gasteiger partial charge in [-0.3, -0.25) is 9.59 Å². The molecule has 0 aliphatic heterocycles. The molecule has 2 rings (SSSR count). The summed E-state index contributed by atoms with van der Waals surface area (Å²) in [5, 5.41) is 17.2. The molecular weight excluding hydrogens is 542 g/mol. The van der Waals surface area contributed by atoms with Gasteiger partial charge in [0.25, 0.3) is 5.91 Å². The number of hydrogen-bond acceptors (Lipinski definition) is 5. The van der Waals surface area contributed by atoms with E-state index in [0.717, 1.165) is 5.56 Å². The van der Waals surface area contributed by atoms with Crippen molar-refractivity contribution in [3.63, 3.8) is 0 Å². The van der Waals surface area contributed by atoms with Gasteiger partial charge in [-0.05, 0) is 78.0 Å². The van der Waals surface area contributed by atoms with Gasteiger partial charge < -0.3 is 25.4 Å². The Kier molecular flexibility index (Phi) is 11.3. The lowest BCUT2D eigenvalue weighted by molar-refractivity contribution is -0.148. The number of phenolic OH excluding ortho intramolecular Hbond substituents is 1. The summed E-state index contributed by atoms with van der Waals surface area (Å²) in [6.07, 6.45) is 0.342. The zero-order valence-electron chi connectivity index (χ0n) is 26.0. The van der Waals surface area contributed by atoms with E-state index in [9.17, 15) is 19.5 Å². The molecule has 0 aromatic heterocycles. The standard InChI is InChI=1S/C32H46ClN3O5/c1-11-19(3)25(35-30(40)41-31(6,7)8)29(39)36(32(9,10)12-2)26(22-17-13-16-21(5)27(22)37)28(38)34-24-20(4)15-14-18-23(24)33/h13-19,25-26,37H,11-12H2,1-10H3,(H,34,38)(H,35,40). The number of aromatic hydroxyl groups is 1. The van der Waals surface area contributed by atoms with Crippen LogP contribution < -0.4 is 10.6 Å². The third-order valence-corrected chi connectivity index (χ3v) is 7.76. The van der Waals surface area contributed by atoms with Crippen LogP contribution in [0.4, 0.5) is 10.5 Å². The maximum Gasteiger partial charge on any atom is 0.408 e. The minimum Gasteiger partial charge on any atom is -0.507 e. The van der Waals surface area contributed by atoms with Crippen LogP contribution in [0.2, 0.25) is 5.02 Å². The van der Waals surface area contributed by atoms with Crippen molar-refractivity contribution in [1.29, 1.82) is 0 Å². The molecule has 226 valence electrons. The number of hydrogen-bond donors (Lipinski definition) is 3. The lowest BCUT2D eigenvalue weighted by Gasteiger charge is -2.45. The maximum atomic E-state index is 14.6. The summed E-state index contributed by atoms with van der Waals surface area (Å²) >= 11 is 6.45.